The Bertz CT molecular complexity index is 959. The van der Waals surface area contributed by atoms with Crippen molar-refractivity contribution < 1.29 is 23.7 Å². The molecule has 2 fully saturated rings. The van der Waals surface area contributed by atoms with Crippen LogP contribution in [0.4, 0.5) is 5.69 Å². The van der Waals surface area contributed by atoms with E-state index in [4.69, 9.17) is 18.9 Å². The lowest BCUT2D eigenvalue weighted by molar-refractivity contribution is -0.130. The Labute approximate surface area is 195 Å². The molecule has 3 heterocycles. The van der Waals surface area contributed by atoms with E-state index in [0.717, 1.165) is 73.8 Å². The molecule has 3 aliphatic rings. The van der Waals surface area contributed by atoms with Gasteiger partial charge in [0.05, 0.1) is 31.9 Å². The van der Waals surface area contributed by atoms with Crippen molar-refractivity contribution >= 4 is 11.6 Å². The molecule has 0 bridgehead atoms. The van der Waals surface area contributed by atoms with Gasteiger partial charge in [-0.2, -0.15) is 0 Å². The number of hydrogen-bond acceptors (Lipinski definition) is 6. The predicted molar refractivity (Wildman–Crippen MR) is 125 cm³/mol. The van der Waals surface area contributed by atoms with Crippen LogP contribution in [-0.2, 0) is 9.53 Å². The standard InChI is InChI=1S/C26H32N2O5/c29-26(17-27-20-5-1-6-21(16-20)33-18-22-7-3-12-30-22)28-11-2-8-23(28)19-9-10-24-25(15-19)32-14-4-13-31-24/h1,5-6,9-10,15-16,22-23,27H,2-4,7-8,11-14,17-18H2/t22-,23+/m1/s1. The Balaban J connectivity index is 1.18. The number of benzene rings is 2. The number of hydrogen-bond donors (Lipinski definition) is 1. The molecule has 33 heavy (non-hydrogen) atoms. The lowest BCUT2D eigenvalue weighted by atomic mass is 10.0. The molecule has 3 aliphatic heterocycles. The smallest absolute Gasteiger partial charge is 0.242 e. The zero-order chi connectivity index (χ0) is 22.5. The molecule has 1 N–H and O–H groups in total. The summed E-state index contributed by atoms with van der Waals surface area (Å²) in [7, 11) is 0. The first-order chi connectivity index (χ1) is 16.3. The molecule has 2 atom stereocenters. The highest BCUT2D eigenvalue weighted by molar-refractivity contribution is 5.81. The minimum atomic E-state index is 0.0672. The number of fused-ring (bicyclic) bond motifs is 1. The summed E-state index contributed by atoms with van der Waals surface area (Å²) in [5.74, 6) is 2.45. The summed E-state index contributed by atoms with van der Waals surface area (Å²) < 4.78 is 23.1. The maximum absolute atomic E-state index is 13.1. The topological polar surface area (TPSA) is 69.3 Å². The van der Waals surface area contributed by atoms with Crippen molar-refractivity contribution in [2.45, 2.75) is 44.2 Å². The van der Waals surface area contributed by atoms with E-state index in [2.05, 4.69) is 11.4 Å². The molecule has 7 heteroatoms. The second kappa shape index (κ2) is 10.3. The maximum atomic E-state index is 13.1. The molecular weight excluding hydrogens is 420 g/mol. The van der Waals surface area contributed by atoms with Gasteiger partial charge in [-0.25, -0.2) is 0 Å². The zero-order valence-electron chi connectivity index (χ0n) is 19.0. The maximum Gasteiger partial charge on any atom is 0.242 e. The number of ether oxygens (including phenoxy) is 4. The van der Waals surface area contributed by atoms with Crippen LogP contribution in [0.25, 0.3) is 0 Å². The van der Waals surface area contributed by atoms with Crippen molar-refractivity contribution in [1.29, 1.82) is 0 Å². The van der Waals surface area contributed by atoms with Crippen molar-refractivity contribution in [3.8, 4) is 17.2 Å². The Kier molecular flexibility index (Phi) is 6.86. The molecule has 7 nitrogen and oxygen atoms in total. The van der Waals surface area contributed by atoms with E-state index in [1.807, 2.05) is 41.3 Å². The minimum absolute atomic E-state index is 0.0672. The van der Waals surface area contributed by atoms with Crippen molar-refractivity contribution in [2.75, 3.05) is 44.8 Å². The molecular formula is C26H32N2O5. The molecule has 0 saturated carbocycles. The Morgan fingerprint density at radius 1 is 1.00 bits per heavy atom. The van der Waals surface area contributed by atoms with Crippen LogP contribution in [0.2, 0.25) is 0 Å². The van der Waals surface area contributed by atoms with Crippen molar-refractivity contribution in [2.24, 2.45) is 0 Å². The van der Waals surface area contributed by atoms with Crippen LogP contribution in [-0.4, -0.2) is 56.4 Å². The van der Waals surface area contributed by atoms with E-state index in [0.29, 0.717) is 19.8 Å². The number of amides is 1. The summed E-state index contributed by atoms with van der Waals surface area (Å²) in [6.45, 7) is 3.73. The van der Waals surface area contributed by atoms with Crippen LogP contribution >= 0.6 is 0 Å². The van der Waals surface area contributed by atoms with Crippen molar-refractivity contribution in [1.82, 2.24) is 4.90 Å². The summed E-state index contributed by atoms with van der Waals surface area (Å²) in [6, 6.07) is 13.9. The summed E-state index contributed by atoms with van der Waals surface area (Å²) in [5, 5.41) is 3.27. The van der Waals surface area contributed by atoms with Gasteiger partial charge >= 0.3 is 0 Å². The number of carbonyl (C=O) groups is 1. The molecule has 1 amide bonds. The summed E-state index contributed by atoms with van der Waals surface area (Å²) >= 11 is 0. The van der Waals surface area contributed by atoms with Gasteiger partial charge in [-0.15, -0.1) is 0 Å². The lowest BCUT2D eigenvalue weighted by Gasteiger charge is -2.26. The zero-order valence-corrected chi connectivity index (χ0v) is 19.0. The molecule has 5 rings (SSSR count). The fourth-order valence-electron chi connectivity index (χ4n) is 4.74. The van der Waals surface area contributed by atoms with Gasteiger partial charge in [-0.1, -0.05) is 12.1 Å². The molecule has 2 saturated heterocycles. The monoisotopic (exact) mass is 452 g/mol. The van der Waals surface area contributed by atoms with E-state index in [9.17, 15) is 4.79 Å². The number of nitrogens with zero attached hydrogens (tertiary/aromatic N) is 1. The van der Waals surface area contributed by atoms with E-state index >= 15 is 0 Å². The average molecular weight is 453 g/mol. The Hall–Kier alpha value is -2.93. The van der Waals surface area contributed by atoms with Crippen LogP contribution in [0.5, 0.6) is 17.2 Å². The Morgan fingerprint density at radius 3 is 2.79 bits per heavy atom. The molecule has 0 aliphatic carbocycles. The number of anilines is 1. The molecule has 176 valence electrons. The highest BCUT2D eigenvalue weighted by atomic mass is 16.5. The molecule has 0 aromatic heterocycles. The number of nitrogens with one attached hydrogen (secondary N) is 1. The third kappa shape index (κ3) is 5.36. The van der Waals surface area contributed by atoms with E-state index in [-0.39, 0.29) is 24.6 Å². The normalized spacial score (nSPS) is 22.1. The minimum Gasteiger partial charge on any atom is -0.491 e. The summed E-state index contributed by atoms with van der Waals surface area (Å²) in [5.41, 5.74) is 1.98. The quantitative estimate of drug-likeness (QED) is 0.680. The second-order valence-electron chi connectivity index (χ2n) is 8.83. The summed E-state index contributed by atoms with van der Waals surface area (Å²) in [6.07, 6.45) is 5.16. The predicted octanol–water partition coefficient (Wildman–Crippen LogP) is 4.18. The van der Waals surface area contributed by atoms with Crippen LogP contribution in [0.15, 0.2) is 42.5 Å². The average Bonchev–Trinajstić information content (AvgIpc) is 3.49. The van der Waals surface area contributed by atoms with Gasteiger partial charge in [0.15, 0.2) is 11.5 Å². The molecule has 0 spiro atoms. The number of likely N-dealkylation sites (tertiary alicyclic amines) is 1. The highest BCUT2D eigenvalue weighted by Crippen LogP contribution is 2.38. The van der Waals surface area contributed by atoms with Gasteiger partial charge in [-0.05, 0) is 55.5 Å². The largest absolute Gasteiger partial charge is 0.491 e. The number of carbonyl (C=O) groups excluding carboxylic acids is 1. The molecule has 2 aromatic rings. The third-order valence-corrected chi connectivity index (χ3v) is 6.47. The van der Waals surface area contributed by atoms with Crippen LogP contribution in [0.3, 0.4) is 0 Å². The van der Waals surface area contributed by atoms with Gasteiger partial charge in [0.25, 0.3) is 0 Å². The second-order valence-corrected chi connectivity index (χ2v) is 8.83. The van der Waals surface area contributed by atoms with Crippen LogP contribution < -0.4 is 19.5 Å². The van der Waals surface area contributed by atoms with Gasteiger partial charge in [0.1, 0.15) is 12.4 Å². The van der Waals surface area contributed by atoms with Crippen molar-refractivity contribution in [3.05, 3.63) is 48.0 Å². The van der Waals surface area contributed by atoms with Crippen molar-refractivity contribution in [3.63, 3.8) is 0 Å². The van der Waals surface area contributed by atoms with E-state index < -0.39 is 0 Å². The highest BCUT2D eigenvalue weighted by Gasteiger charge is 2.30. The van der Waals surface area contributed by atoms with Crippen LogP contribution in [0.1, 0.15) is 43.7 Å². The van der Waals surface area contributed by atoms with Gasteiger partial charge in [-0.3, -0.25) is 4.79 Å². The lowest BCUT2D eigenvalue weighted by Crippen LogP contribution is -2.35. The third-order valence-electron chi connectivity index (χ3n) is 6.47. The van der Waals surface area contributed by atoms with Gasteiger partial charge in [0.2, 0.25) is 5.91 Å². The van der Waals surface area contributed by atoms with Crippen LogP contribution in [0, 0.1) is 0 Å². The van der Waals surface area contributed by atoms with E-state index in [1.54, 1.807) is 0 Å². The Morgan fingerprint density at radius 2 is 1.91 bits per heavy atom. The van der Waals surface area contributed by atoms with Gasteiger partial charge in [0, 0.05) is 31.3 Å². The van der Waals surface area contributed by atoms with Gasteiger partial charge < -0.3 is 29.2 Å². The fourth-order valence-corrected chi connectivity index (χ4v) is 4.74. The molecule has 2 aromatic carbocycles. The SMILES string of the molecule is O=C(CNc1cccc(OC[C@H]2CCCO2)c1)N1CCC[C@H]1c1ccc2c(c1)OCCCO2. The summed E-state index contributed by atoms with van der Waals surface area (Å²) in [4.78, 5) is 15.1. The fraction of sp³-hybridized carbons (Fsp3) is 0.500. The first kappa shape index (κ1) is 21.9. The molecule has 0 radical (unpaired) electrons. The van der Waals surface area contributed by atoms with E-state index in [1.165, 1.54) is 0 Å². The number of rotatable bonds is 7. The first-order valence-electron chi connectivity index (χ1n) is 12.0. The molecule has 0 unspecified atom stereocenters. The first-order valence-corrected chi connectivity index (χ1v) is 12.0.